The molecule has 1 fully saturated rings. The average molecular weight is 333 g/mol. The van der Waals surface area contributed by atoms with Crippen LogP contribution in [0.5, 0.6) is 0 Å². The Bertz CT molecular complexity index is 755. The summed E-state index contributed by atoms with van der Waals surface area (Å²) in [5.74, 6) is -1.49. The largest absolute Gasteiger partial charge is 0.338 e. The van der Waals surface area contributed by atoms with Gasteiger partial charge in [0.15, 0.2) is 6.67 Å². The molecule has 2 heterocycles. The number of rotatable bonds is 5. The Morgan fingerprint density at radius 2 is 1.83 bits per heavy atom. The van der Waals surface area contributed by atoms with Crippen molar-refractivity contribution in [1.29, 1.82) is 0 Å². The molecule has 1 aromatic heterocycles. The summed E-state index contributed by atoms with van der Waals surface area (Å²) >= 11 is 1.59. The van der Waals surface area contributed by atoms with Crippen molar-refractivity contribution in [3.05, 3.63) is 29.3 Å². The number of nitrogens with zero attached hydrogens (tertiary/aromatic N) is 3. The van der Waals surface area contributed by atoms with E-state index < -0.39 is 17.8 Å². The molecule has 3 rings (SSSR count). The lowest BCUT2D eigenvalue weighted by molar-refractivity contribution is -0.901. The number of carbonyl (C=O) groups excluding carboxylic acids is 3. The number of fused-ring (bicyclic) bond motifs is 1. The maximum Gasteiger partial charge on any atom is 0.338 e. The molecule has 1 unspecified atom stereocenters. The minimum absolute atomic E-state index is 0.149. The number of aromatic nitrogens is 1. The second-order valence-corrected chi connectivity index (χ2v) is 6.55. The minimum Gasteiger partial charge on any atom is -0.314 e. The first-order valence-corrected chi connectivity index (χ1v) is 8.16. The van der Waals surface area contributed by atoms with E-state index in [1.165, 1.54) is 0 Å². The lowest BCUT2D eigenvalue weighted by atomic mass is 10.3. The van der Waals surface area contributed by atoms with Crippen LogP contribution in [0, 0.1) is 0 Å². The Morgan fingerprint density at radius 1 is 1.13 bits per heavy atom. The van der Waals surface area contributed by atoms with Crippen LogP contribution in [0.3, 0.4) is 0 Å². The number of nitrogens with one attached hydrogen (secondary N) is 1. The van der Waals surface area contributed by atoms with Crippen molar-refractivity contribution < 1.29 is 19.3 Å². The molecule has 8 heteroatoms. The van der Waals surface area contributed by atoms with Crippen molar-refractivity contribution in [1.82, 2.24) is 14.8 Å². The van der Waals surface area contributed by atoms with Gasteiger partial charge in [-0.1, -0.05) is 12.1 Å². The predicted molar refractivity (Wildman–Crippen MR) is 84.7 cm³/mol. The summed E-state index contributed by atoms with van der Waals surface area (Å²) < 4.78 is 1.11. The van der Waals surface area contributed by atoms with Crippen molar-refractivity contribution in [2.45, 2.75) is 13.5 Å². The summed E-state index contributed by atoms with van der Waals surface area (Å²) in [6, 6.07) is 7.33. The molecule has 1 aliphatic rings. The summed E-state index contributed by atoms with van der Waals surface area (Å²) in [6.45, 7) is 2.60. The van der Waals surface area contributed by atoms with Crippen LogP contribution in [-0.4, -0.2) is 52.9 Å². The van der Waals surface area contributed by atoms with Gasteiger partial charge in [-0.3, -0.25) is 14.5 Å². The minimum atomic E-state index is -0.750. The van der Waals surface area contributed by atoms with Gasteiger partial charge in [0.05, 0.1) is 17.3 Å². The third-order valence-corrected chi connectivity index (χ3v) is 4.71. The van der Waals surface area contributed by atoms with E-state index >= 15 is 0 Å². The number of amides is 4. The molecule has 1 aromatic carbocycles. The summed E-state index contributed by atoms with van der Waals surface area (Å²) in [5, 5.41) is 0.932. The van der Waals surface area contributed by atoms with E-state index in [0.29, 0.717) is 6.54 Å². The lowest BCUT2D eigenvalue weighted by Gasteiger charge is -2.18. The van der Waals surface area contributed by atoms with Crippen LogP contribution in [0.15, 0.2) is 24.3 Å². The molecule has 0 bridgehead atoms. The summed E-state index contributed by atoms with van der Waals surface area (Å²) in [5.41, 5.74) is 0.945. The summed E-state index contributed by atoms with van der Waals surface area (Å²) in [7, 11) is 1.87. The van der Waals surface area contributed by atoms with Crippen LogP contribution in [-0.2, 0) is 16.1 Å². The Labute approximate surface area is 137 Å². The first-order chi connectivity index (χ1) is 11.0. The monoisotopic (exact) mass is 333 g/mol. The van der Waals surface area contributed by atoms with Gasteiger partial charge in [0, 0.05) is 6.54 Å². The molecule has 2 aromatic rings. The van der Waals surface area contributed by atoms with E-state index in [-0.39, 0.29) is 13.2 Å². The zero-order chi connectivity index (χ0) is 16.6. The van der Waals surface area contributed by atoms with Crippen LogP contribution in [0.25, 0.3) is 10.2 Å². The van der Waals surface area contributed by atoms with Crippen LogP contribution in [0.2, 0.25) is 0 Å². The highest BCUT2D eigenvalue weighted by Gasteiger charge is 2.44. The van der Waals surface area contributed by atoms with Gasteiger partial charge in [0.1, 0.15) is 11.6 Å². The fraction of sp³-hybridized carbons (Fsp3) is 0.333. The maximum absolute atomic E-state index is 12.1. The first kappa shape index (κ1) is 15.6. The van der Waals surface area contributed by atoms with Crippen LogP contribution in [0.1, 0.15) is 11.9 Å². The third kappa shape index (κ3) is 2.82. The molecular formula is C15H17N4O3S+. The van der Waals surface area contributed by atoms with Crippen molar-refractivity contribution in [2.75, 3.05) is 20.3 Å². The molecule has 0 spiro atoms. The number of benzene rings is 1. The highest BCUT2D eigenvalue weighted by Crippen LogP contribution is 2.20. The molecule has 1 saturated heterocycles. The number of hydrogen-bond donors (Lipinski definition) is 1. The number of quaternary nitrogens is 1. The topological polar surface area (TPSA) is 75.0 Å². The molecule has 7 nitrogen and oxygen atoms in total. The number of hydrogen-bond acceptors (Lipinski definition) is 5. The second kappa shape index (κ2) is 6.05. The number of likely N-dealkylation sites (N-methyl/N-ethyl adjacent to an activating group) is 1. The van der Waals surface area contributed by atoms with Gasteiger partial charge in [-0.15, -0.1) is 11.3 Å². The number of thiazole rings is 1. The van der Waals surface area contributed by atoms with E-state index in [1.54, 1.807) is 18.3 Å². The Balaban J connectivity index is 1.69. The van der Waals surface area contributed by atoms with Crippen LogP contribution < -0.4 is 4.90 Å². The highest BCUT2D eigenvalue weighted by molar-refractivity contribution is 7.18. The zero-order valence-electron chi connectivity index (χ0n) is 12.9. The van der Waals surface area contributed by atoms with E-state index in [0.717, 1.165) is 29.9 Å². The highest BCUT2D eigenvalue weighted by atomic mass is 32.1. The molecule has 0 radical (unpaired) electrons. The zero-order valence-corrected chi connectivity index (χ0v) is 13.7. The van der Waals surface area contributed by atoms with Gasteiger partial charge in [-0.2, -0.15) is 0 Å². The van der Waals surface area contributed by atoms with Crippen molar-refractivity contribution in [3.63, 3.8) is 0 Å². The Kier molecular flexibility index (Phi) is 4.10. The van der Waals surface area contributed by atoms with E-state index in [4.69, 9.17) is 0 Å². The van der Waals surface area contributed by atoms with Gasteiger partial charge >= 0.3 is 17.8 Å². The van der Waals surface area contributed by atoms with Gasteiger partial charge in [0.25, 0.3) is 0 Å². The maximum atomic E-state index is 12.1. The lowest BCUT2D eigenvalue weighted by Crippen LogP contribution is -3.09. The fourth-order valence-electron chi connectivity index (χ4n) is 2.55. The quantitative estimate of drug-likeness (QED) is 0.621. The molecular weight excluding hydrogens is 316 g/mol. The fourth-order valence-corrected chi connectivity index (χ4v) is 3.63. The van der Waals surface area contributed by atoms with Crippen molar-refractivity contribution in [3.8, 4) is 0 Å². The smallest absolute Gasteiger partial charge is 0.314 e. The third-order valence-electron chi connectivity index (χ3n) is 3.67. The van der Waals surface area contributed by atoms with Crippen LogP contribution in [0.4, 0.5) is 4.79 Å². The molecule has 4 amide bonds. The number of imide groups is 2. The SMILES string of the molecule is CCN1C(=O)C(=O)N(C[NH+](C)Cc2nc3ccccc3s2)C1=O. The summed E-state index contributed by atoms with van der Waals surface area (Å²) in [4.78, 5) is 43.1. The normalized spacial score (nSPS) is 16.7. The number of carbonyl (C=O) groups is 3. The number of para-hydroxylation sites is 1. The van der Waals surface area contributed by atoms with Gasteiger partial charge < -0.3 is 4.90 Å². The molecule has 0 aliphatic carbocycles. The second-order valence-electron chi connectivity index (χ2n) is 5.43. The van der Waals surface area contributed by atoms with Crippen molar-refractivity contribution in [2.24, 2.45) is 0 Å². The standard InChI is InChI=1S/C15H16N4O3S/c1-3-18-13(20)14(21)19(15(18)22)9-17(2)8-12-16-10-6-4-5-7-11(10)23-12/h4-7H,3,8-9H2,1-2H3/p+1. The van der Waals surface area contributed by atoms with Gasteiger partial charge in [0.2, 0.25) is 0 Å². The van der Waals surface area contributed by atoms with E-state index in [1.807, 2.05) is 31.3 Å². The van der Waals surface area contributed by atoms with Crippen molar-refractivity contribution >= 4 is 39.4 Å². The Morgan fingerprint density at radius 3 is 2.48 bits per heavy atom. The molecule has 120 valence electrons. The predicted octanol–water partition coefficient (Wildman–Crippen LogP) is 0.0792. The average Bonchev–Trinajstić information content (AvgIpc) is 3.01. The Hall–Kier alpha value is -2.32. The molecule has 0 saturated carbocycles. The van der Waals surface area contributed by atoms with E-state index in [2.05, 4.69) is 4.98 Å². The molecule has 1 atom stereocenters. The molecule has 23 heavy (non-hydrogen) atoms. The van der Waals surface area contributed by atoms with Crippen LogP contribution >= 0.6 is 11.3 Å². The first-order valence-electron chi connectivity index (χ1n) is 7.34. The van der Waals surface area contributed by atoms with Gasteiger partial charge in [-0.25, -0.2) is 14.7 Å². The number of urea groups is 1. The molecule has 1 aliphatic heterocycles. The molecule has 1 N–H and O–H groups in total. The summed E-state index contributed by atoms with van der Waals surface area (Å²) in [6.07, 6.45) is 0. The van der Waals surface area contributed by atoms with Gasteiger partial charge in [-0.05, 0) is 19.1 Å². The van der Waals surface area contributed by atoms with E-state index in [9.17, 15) is 14.4 Å².